The van der Waals surface area contributed by atoms with Crippen molar-refractivity contribution in [1.82, 2.24) is 5.32 Å². The van der Waals surface area contributed by atoms with Crippen molar-refractivity contribution in [2.24, 2.45) is 0 Å². The number of hydrogen-bond donors (Lipinski definition) is 1. The first-order valence-electron chi connectivity index (χ1n) is 4.11. The third-order valence-corrected chi connectivity index (χ3v) is 1.59. The summed E-state index contributed by atoms with van der Waals surface area (Å²) in [6, 6.07) is 0. The Morgan fingerprint density at radius 2 is 2.18 bits per heavy atom. The average molecular weight is 176 g/mol. The predicted octanol–water partition coefficient (Wildman–Crippen LogP) is 2.56. The molecule has 0 aromatic heterocycles. The first-order chi connectivity index (χ1) is 5.13. The molecule has 0 aliphatic carbocycles. The zero-order valence-corrected chi connectivity index (χ0v) is 8.41. The van der Waals surface area contributed by atoms with Gasteiger partial charge in [0.05, 0.1) is 0 Å². The molecule has 1 atom stereocenters. The monoisotopic (exact) mass is 175 g/mol. The van der Waals surface area contributed by atoms with Gasteiger partial charge in [0.2, 0.25) is 0 Å². The molecule has 0 aromatic rings. The molecule has 0 radical (unpaired) electrons. The van der Waals surface area contributed by atoms with Crippen LogP contribution in [0.5, 0.6) is 0 Å². The van der Waals surface area contributed by atoms with Crippen LogP contribution in [0.15, 0.2) is 11.6 Å². The van der Waals surface area contributed by atoms with Gasteiger partial charge >= 0.3 is 0 Å². The smallest absolute Gasteiger partial charge is 0.0319 e. The van der Waals surface area contributed by atoms with Gasteiger partial charge in [0.15, 0.2) is 0 Å². The van der Waals surface area contributed by atoms with Gasteiger partial charge in [-0.3, -0.25) is 0 Å². The summed E-state index contributed by atoms with van der Waals surface area (Å²) in [5.74, 6) is 0. The van der Waals surface area contributed by atoms with Crippen molar-refractivity contribution in [2.45, 2.75) is 32.6 Å². The SMILES string of the molecule is CC(C)=CCNCCC(C)Cl. The van der Waals surface area contributed by atoms with Gasteiger partial charge in [-0.25, -0.2) is 0 Å². The van der Waals surface area contributed by atoms with Crippen LogP contribution in [0.1, 0.15) is 27.2 Å². The molecular weight excluding hydrogens is 158 g/mol. The lowest BCUT2D eigenvalue weighted by molar-refractivity contribution is 0.684. The van der Waals surface area contributed by atoms with E-state index in [1.165, 1.54) is 5.57 Å². The molecule has 1 N–H and O–H groups in total. The normalized spacial score (nSPS) is 12.7. The summed E-state index contributed by atoms with van der Waals surface area (Å²) < 4.78 is 0. The molecule has 0 saturated heterocycles. The van der Waals surface area contributed by atoms with Crippen LogP contribution in [0.2, 0.25) is 0 Å². The number of alkyl halides is 1. The molecule has 0 saturated carbocycles. The second-order valence-electron chi connectivity index (χ2n) is 3.06. The fourth-order valence-electron chi connectivity index (χ4n) is 0.679. The molecule has 0 spiro atoms. The number of rotatable bonds is 5. The van der Waals surface area contributed by atoms with Crippen LogP contribution in [-0.4, -0.2) is 18.5 Å². The number of allylic oxidation sites excluding steroid dienone is 1. The van der Waals surface area contributed by atoms with Gasteiger partial charge in [-0.2, -0.15) is 0 Å². The average Bonchev–Trinajstić information content (AvgIpc) is 1.85. The van der Waals surface area contributed by atoms with E-state index >= 15 is 0 Å². The van der Waals surface area contributed by atoms with Gasteiger partial charge in [0, 0.05) is 11.9 Å². The Hall–Kier alpha value is -0.0100. The van der Waals surface area contributed by atoms with Crippen molar-refractivity contribution >= 4 is 11.6 Å². The highest BCUT2D eigenvalue weighted by atomic mass is 35.5. The van der Waals surface area contributed by atoms with Crippen molar-refractivity contribution < 1.29 is 0 Å². The van der Waals surface area contributed by atoms with E-state index in [1.54, 1.807) is 0 Å². The highest BCUT2D eigenvalue weighted by Crippen LogP contribution is 1.97. The molecule has 0 heterocycles. The molecule has 0 aromatic carbocycles. The van der Waals surface area contributed by atoms with Crippen molar-refractivity contribution in [2.75, 3.05) is 13.1 Å². The van der Waals surface area contributed by atoms with Crippen LogP contribution in [0.4, 0.5) is 0 Å². The fourth-order valence-corrected chi connectivity index (χ4v) is 0.788. The van der Waals surface area contributed by atoms with Crippen molar-refractivity contribution in [3.05, 3.63) is 11.6 Å². The van der Waals surface area contributed by atoms with Gasteiger partial charge in [0.25, 0.3) is 0 Å². The van der Waals surface area contributed by atoms with Crippen LogP contribution in [-0.2, 0) is 0 Å². The summed E-state index contributed by atoms with van der Waals surface area (Å²) in [6.07, 6.45) is 3.22. The number of halogens is 1. The van der Waals surface area contributed by atoms with Crippen LogP contribution in [0, 0.1) is 0 Å². The van der Waals surface area contributed by atoms with E-state index in [2.05, 4.69) is 25.2 Å². The standard InChI is InChI=1S/C9H18ClN/c1-8(2)4-6-11-7-5-9(3)10/h4,9,11H,5-7H2,1-3H3. The van der Waals surface area contributed by atoms with Gasteiger partial charge < -0.3 is 5.32 Å². The van der Waals surface area contributed by atoms with Crippen LogP contribution >= 0.6 is 11.6 Å². The maximum absolute atomic E-state index is 5.76. The van der Waals surface area contributed by atoms with E-state index < -0.39 is 0 Å². The molecule has 0 rings (SSSR count). The number of nitrogens with one attached hydrogen (secondary N) is 1. The zero-order chi connectivity index (χ0) is 8.69. The molecule has 66 valence electrons. The molecule has 2 heteroatoms. The summed E-state index contributed by atoms with van der Waals surface area (Å²) in [5.41, 5.74) is 1.36. The Bertz CT molecular complexity index is 115. The van der Waals surface area contributed by atoms with Crippen LogP contribution < -0.4 is 5.32 Å². The van der Waals surface area contributed by atoms with Gasteiger partial charge in [-0.15, -0.1) is 11.6 Å². The molecule has 0 amide bonds. The summed E-state index contributed by atoms with van der Waals surface area (Å²) in [6.45, 7) is 8.20. The van der Waals surface area contributed by atoms with Crippen molar-refractivity contribution in [3.63, 3.8) is 0 Å². The summed E-state index contributed by atoms with van der Waals surface area (Å²) >= 11 is 5.76. The van der Waals surface area contributed by atoms with E-state index in [9.17, 15) is 0 Å². The van der Waals surface area contributed by atoms with E-state index in [-0.39, 0.29) is 5.38 Å². The summed E-state index contributed by atoms with van der Waals surface area (Å²) in [7, 11) is 0. The minimum Gasteiger partial charge on any atom is -0.313 e. The quantitative estimate of drug-likeness (QED) is 0.385. The maximum Gasteiger partial charge on any atom is 0.0319 e. The lowest BCUT2D eigenvalue weighted by Crippen LogP contribution is -2.17. The second kappa shape index (κ2) is 6.68. The Morgan fingerprint density at radius 1 is 1.55 bits per heavy atom. The summed E-state index contributed by atoms with van der Waals surface area (Å²) in [4.78, 5) is 0. The topological polar surface area (TPSA) is 12.0 Å². The third-order valence-electron chi connectivity index (χ3n) is 1.37. The van der Waals surface area contributed by atoms with E-state index in [1.807, 2.05) is 6.92 Å². The predicted molar refractivity (Wildman–Crippen MR) is 52.2 cm³/mol. The fraction of sp³-hybridized carbons (Fsp3) is 0.778. The van der Waals surface area contributed by atoms with Gasteiger partial charge in [-0.05, 0) is 33.7 Å². The highest BCUT2D eigenvalue weighted by Gasteiger charge is 1.92. The minimum absolute atomic E-state index is 0.286. The first-order valence-corrected chi connectivity index (χ1v) is 4.54. The lowest BCUT2D eigenvalue weighted by atomic mass is 10.3. The van der Waals surface area contributed by atoms with Crippen molar-refractivity contribution in [1.29, 1.82) is 0 Å². The largest absolute Gasteiger partial charge is 0.313 e. The highest BCUT2D eigenvalue weighted by molar-refractivity contribution is 6.20. The van der Waals surface area contributed by atoms with Crippen LogP contribution in [0.3, 0.4) is 0 Å². The molecule has 0 fully saturated rings. The first kappa shape index (κ1) is 11.0. The Morgan fingerprint density at radius 3 is 2.64 bits per heavy atom. The molecule has 0 aliphatic rings. The summed E-state index contributed by atoms with van der Waals surface area (Å²) in [5, 5.41) is 3.57. The molecule has 0 bridgehead atoms. The number of hydrogen-bond acceptors (Lipinski definition) is 1. The molecule has 1 unspecified atom stereocenters. The zero-order valence-electron chi connectivity index (χ0n) is 7.65. The molecule has 0 aliphatic heterocycles. The Kier molecular flexibility index (Phi) is 6.68. The van der Waals surface area contributed by atoms with E-state index in [0.717, 1.165) is 19.5 Å². The lowest BCUT2D eigenvalue weighted by Gasteiger charge is -2.02. The van der Waals surface area contributed by atoms with E-state index in [0.29, 0.717) is 0 Å². The van der Waals surface area contributed by atoms with Gasteiger partial charge in [-0.1, -0.05) is 11.6 Å². The van der Waals surface area contributed by atoms with Gasteiger partial charge in [0.1, 0.15) is 0 Å². The third kappa shape index (κ3) is 9.99. The molecule has 11 heavy (non-hydrogen) atoms. The van der Waals surface area contributed by atoms with Crippen LogP contribution in [0.25, 0.3) is 0 Å². The van der Waals surface area contributed by atoms with Crippen molar-refractivity contribution in [3.8, 4) is 0 Å². The molecule has 1 nitrogen and oxygen atoms in total. The minimum atomic E-state index is 0.286. The Balaban J connectivity index is 3.09. The molecular formula is C9H18ClN. The Labute approximate surface area is 74.8 Å². The maximum atomic E-state index is 5.76. The van der Waals surface area contributed by atoms with E-state index in [4.69, 9.17) is 11.6 Å². The second-order valence-corrected chi connectivity index (χ2v) is 3.80.